The number of hydrogen-bond acceptors (Lipinski definition) is 0. The SMILES string of the molecule is Cc1ccc([CH-]c2ccc(C)cc2C)c(C)c1.[K+]. The molecule has 0 spiro atoms. The predicted molar refractivity (Wildman–Crippen MR) is 74.3 cm³/mol. The Morgan fingerprint density at radius 1 is 0.667 bits per heavy atom. The first kappa shape index (κ1) is 16.0. The van der Waals surface area contributed by atoms with Crippen molar-refractivity contribution >= 4 is 0 Å². The first-order valence-corrected chi connectivity index (χ1v) is 6.05. The van der Waals surface area contributed by atoms with E-state index in [1.54, 1.807) is 0 Å². The zero-order valence-corrected chi connectivity index (χ0v) is 15.2. The fourth-order valence-electron chi connectivity index (χ4n) is 2.14. The van der Waals surface area contributed by atoms with Crippen molar-refractivity contribution in [2.24, 2.45) is 0 Å². The second kappa shape index (κ2) is 6.92. The van der Waals surface area contributed by atoms with E-state index in [9.17, 15) is 0 Å². The molecular weight excluding hydrogens is 243 g/mol. The van der Waals surface area contributed by atoms with Gasteiger partial charge < -0.3 is 0 Å². The summed E-state index contributed by atoms with van der Waals surface area (Å²) in [5.74, 6) is 0. The molecule has 0 N–H and O–H groups in total. The summed E-state index contributed by atoms with van der Waals surface area (Å²) in [4.78, 5) is 0. The molecule has 0 aliphatic carbocycles. The first-order chi connectivity index (χ1) is 8.06. The average Bonchev–Trinajstić information content (AvgIpc) is 2.25. The van der Waals surface area contributed by atoms with Gasteiger partial charge in [-0.05, 0) is 13.8 Å². The normalized spacial score (nSPS) is 9.78. The summed E-state index contributed by atoms with van der Waals surface area (Å²) in [5.41, 5.74) is 7.93. The molecule has 0 aliphatic heterocycles. The molecule has 0 atom stereocenters. The Balaban J connectivity index is 0.00000162. The molecule has 2 aromatic rings. The van der Waals surface area contributed by atoms with Crippen LogP contribution in [0.4, 0.5) is 0 Å². The number of aryl methyl sites for hydroxylation is 4. The molecule has 0 saturated heterocycles. The van der Waals surface area contributed by atoms with Crippen molar-refractivity contribution in [1.82, 2.24) is 0 Å². The topological polar surface area (TPSA) is 0 Å². The van der Waals surface area contributed by atoms with Gasteiger partial charge in [-0.2, -0.15) is 0 Å². The van der Waals surface area contributed by atoms with Gasteiger partial charge in [0.25, 0.3) is 0 Å². The molecule has 0 aromatic heterocycles. The van der Waals surface area contributed by atoms with Crippen LogP contribution in [0.25, 0.3) is 0 Å². The van der Waals surface area contributed by atoms with Gasteiger partial charge in [0, 0.05) is 0 Å². The molecule has 0 unspecified atom stereocenters. The minimum Gasteiger partial charge on any atom is -0.126 e. The van der Waals surface area contributed by atoms with Gasteiger partial charge in [0.05, 0.1) is 0 Å². The smallest absolute Gasteiger partial charge is 0.126 e. The third kappa shape index (κ3) is 3.97. The van der Waals surface area contributed by atoms with Crippen molar-refractivity contribution in [3.8, 4) is 0 Å². The second-order valence-corrected chi connectivity index (χ2v) is 4.86. The van der Waals surface area contributed by atoms with Crippen molar-refractivity contribution in [2.45, 2.75) is 27.7 Å². The minimum atomic E-state index is 0. The van der Waals surface area contributed by atoms with Crippen molar-refractivity contribution in [1.29, 1.82) is 0 Å². The van der Waals surface area contributed by atoms with Crippen LogP contribution in [0.5, 0.6) is 0 Å². The van der Waals surface area contributed by atoms with E-state index in [-0.39, 0.29) is 51.4 Å². The molecule has 0 fully saturated rings. The maximum Gasteiger partial charge on any atom is 1.00 e. The summed E-state index contributed by atoms with van der Waals surface area (Å²) in [6, 6.07) is 13.2. The van der Waals surface area contributed by atoms with Gasteiger partial charge in [-0.1, -0.05) is 49.2 Å². The van der Waals surface area contributed by atoms with Crippen LogP contribution in [0.3, 0.4) is 0 Å². The zero-order valence-electron chi connectivity index (χ0n) is 12.0. The largest absolute Gasteiger partial charge is 1.00 e. The maximum atomic E-state index is 2.27. The predicted octanol–water partition coefficient (Wildman–Crippen LogP) is 1.52. The quantitative estimate of drug-likeness (QED) is 0.569. The van der Waals surface area contributed by atoms with Gasteiger partial charge in [-0.15, -0.1) is 40.8 Å². The molecule has 0 amide bonds. The Morgan fingerprint density at radius 2 is 1.06 bits per heavy atom. The van der Waals surface area contributed by atoms with E-state index < -0.39 is 0 Å². The maximum absolute atomic E-state index is 2.27. The van der Waals surface area contributed by atoms with E-state index in [1.165, 1.54) is 33.4 Å². The van der Waals surface area contributed by atoms with E-state index in [1.807, 2.05) is 0 Å². The Labute approximate surface area is 153 Å². The van der Waals surface area contributed by atoms with Gasteiger partial charge in [0.15, 0.2) is 0 Å². The Kier molecular flexibility index (Phi) is 6.16. The Morgan fingerprint density at radius 3 is 1.39 bits per heavy atom. The van der Waals surface area contributed by atoms with Crippen LogP contribution in [-0.4, -0.2) is 0 Å². The second-order valence-electron chi connectivity index (χ2n) is 4.86. The average molecular weight is 262 g/mol. The molecular formula is C17H19K. The Bertz CT molecular complexity index is 492. The molecule has 2 aromatic carbocycles. The monoisotopic (exact) mass is 262 g/mol. The van der Waals surface area contributed by atoms with Crippen LogP contribution < -0.4 is 51.4 Å². The molecule has 0 radical (unpaired) electrons. The summed E-state index contributed by atoms with van der Waals surface area (Å²) in [7, 11) is 0. The van der Waals surface area contributed by atoms with Gasteiger partial charge in [0.2, 0.25) is 0 Å². The van der Waals surface area contributed by atoms with Gasteiger partial charge in [0.1, 0.15) is 0 Å². The van der Waals surface area contributed by atoms with Crippen LogP contribution in [0.1, 0.15) is 33.4 Å². The minimum absolute atomic E-state index is 0. The number of benzene rings is 2. The zero-order chi connectivity index (χ0) is 12.4. The van der Waals surface area contributed by atoms with Crippen molar-refractivity contribution in [2.75, 3.05) is 0 Å². The Hall–Kier alpha value is -0.0536. The van der Waals surface area contributed by atoms with Crippen LogP contribution in [0, 0.1) is 34.1 Å². The molecule has 0 bridgehead atoms. The molecule has 0 aliphatic rings. The summed E-state index contributed by atoms with van der Waals surface area (Å²) < 4.78 is 0. The molecule has 2 rings (SSSR count). The standard InChI is InChI=1S/C17H19.K/c1-12-5-7-16(14(3)9-12)11-17-8-6-13(2)10-15(17)4;/h5-11H,1-4H3;/q-1;+1. The van der Waals surface area contributed by atoms with E-state index in [4.69, 9.17) is 0 Å². The van der Waals surface area contributed by atoms with Crippen molar-refractivity contribution in [3.05, 3.63) is 76.2 Å². The van der Waals surface area contributed by atoms with Gasteiger partial charge in [-0.3, -0.25) is 0 Å². The van der Waals surface area contributed by atoms with Crippen LogP contribution >= 0.6 is 0 Å². The van der Waals surface area contributed by atoms with Gasteiger partial charge in [-0.25, -0.2) is 0 Å². The van der Waals surface area contributed by atoms with E-state index in [0.717, 1.165) is 0 Å². The number of rotatable bonds is 2. The third-order valence-corrected chi connectivity index (χ3v) is 3.16. The molecule has 0 saturated carbocycles. The summed E-state index contributed by atoms with van der Waals surface area (Å²) in [6.07, 6.45) is 2.27. The molecule has 1 heteroatoms. The molecule has 88 valence electrons. The van der Waals surface area contributed by atoms with E-state index in [2.05, 4.69) is 70.5 Å². The van der Waals surface area contributed by atoms with E-state index in [0.29, 0.717) is 0 Å². The van der Waals surface area contributed by atoms with Gasteiger partial charge >= 0.3 is 51.4 Å². The van der Waals surface area contributed by atoms with Crippen molar-refractivity contribution < 1.29 is 51.4 Å². The molecule has 18 heavy (non-hydrogen) atoms. The van der Waals surface area contributed by atoms with Crippen LogP contribution in [-0.2, 0) is 0 Å². The summed E-state index contributed by atoms with van der Waals surface area (Å²) >= 11 is 0. The van der Waals surface area contributed by atoms with Crippen molar-refractivity contribution in [3.63, 3.8) is 0 Å². The third-order valence-electron chi connectivity index (χ3n) is 3.16. The first-order valence-electron chi connectivity index (χ1n) is 6.05. The summed E-state index contributed by atoms with van der Waals surface area (Å²) in [6.45, 7) is 8.60. The fraction of sp³-hybridized carbons (Fsp3) is 0.235. The summed E-state index contributed by atoms with van der Waals surface area (Å²) in [5, 5.41) is 0. The van der Waals surface area contributed by atoms with Crippen LogP contribution in [0.2, 0.25) is 0 Å². The number of hydrogen-bond donors (Lipinski definition) is 0. The van der Waals surface area contributed by atoms with E-state index >= 15 is 0 Å². The fourth-order valence-corrected chi connectivity index (χ4v) is 2.14. The van der Waals surface area contributed by atoms with Crippen LogP contribution in [0.15, 0.2) is 36.4 Å². The molecule has 0 heterocycles. The molecule has 0 nitrogen and oxygen atoms in total.